The van der Waals surface area contributed by atoms with Crippen LogP contribution in [0.5, 0.6) is 0 Å². The Balaban J connectivity index is 1.40. The largest absolute Gasteiger partial charge is 0.418 e. The standard InChI is InChI=1S/C24H18F3N3OS/c25-24(26,27)19-8-4-5-9-20(19)28-22(31)30-23-29-21(15-32-23)18-12-10-17(11-13-18)14-16-6-2-1-3-7-16/h1-13,15H,14H2,(H2,28,29,30,31). The summed E-state index contributed by atoms with van der Waals surface area (Å²) >= 11 is 1.19. The molecule has 4 aromatic rings. The summed E-state index contributed by atoms with van der Waals surface area (Å²) < 4.78 is 39.3. The van der Waals surface area contributed by atoms with E-state index in [1.165, 1.54) is 35.1 Å². The topological polar surface area (TPSA) is 54.0 Å². The second-order valence-electron chi connectivity index (χ2n) is 7.02. The molecule has 32 heavy (non-hydrogen) atoms. The molecule has 0 unspecified atom stereocenters. The molecule has 0 bridgehead atoms. The zero-order chi connectivity index (χ0) is 22.6. The fraction of sp³-hybridized carbons (Fsp3) is 0.0833. The van der Waals surface area contributed by atoms with Gasteiger partial charge >= 0.3 is 12.2 Å². The van der Waals surface area contributed by atoms with Crippen LogP contribution in [0.15, 0.2) is 84.2 Å². The zero-order valence-corrected chi connectivity index (χ0v) is 17.5. The fourth-order valence-electron chi connectivity index (χ4n) is 3.18. The highest BCUT2D eigenvalue weighted by molar-refractivity contribution is 7.14. The molecule has 2 amide bonds. The van der Waals surface area contributed by atoms with Crippen LogP contribution < -0.4 is 10.6 Å². The lowest BCUT2D eigenvalue weighted by molar-refractivity contribution is -0.136. The van der Waals surface area contributed by atoms with Crippen LogP contribution in [0.1, 0.15) is 16.7 Å². The van der Waals surface area contributed by atoms with E-state index in [1.54, 1.807) is 5.38 Å². The van der Waals surface area contributed by atoms with Crippen molar-refractivity contribution in [2.75, 3.05) is 10.6 Å². The average Bonchev–Trinajstić information content (AvgIpc) is 3.23. The number of carbonyl (C=O) groups is 1. The number of amides is 2. The minimum absolute atomic E-state index is 0.287. The summed E-state index contributed by atoms with van der Waals surface area (Å²) in [6, 6.07) is 22.1. The summed E-state index contributed by atoms with van der Waals surface area (Å²) in [5.41, 5.74) is 2.71. The number of nitrogens with zero attached hydrogens (tertiary/aromatic N) is 1. The maximum atomic E-state index is 13.1. The highest BCUT2D eigenvalue weighted by atomic mass is 32.1. The molecule has 1 heterocycles. The van der Waals surface area contributed by atoms with E-state index in [-0.39, 0.29) is 10.8 Å². The summed E-state index contributed by atoms with van der Waals surface area (Å²) in [5.74, 6) is 0. The first-order valence-electron chi connectivity index (χ1n) is 9.71. The van der Waals surface area contributed by atoms with Gasteiger partial charge in [-0.3, -0.25) is 5.32 Å². The van der Waals surface area contributed by atoms with Gasteiger partial charge in [0.15, 0.2) is 5.13 Å². The molecule has 0 atom stereocenters. The molecule has 2 N–H and O–H groups in total. The third-order valence-electron chi connectivity index (χ3n) is 4.71. The van der Waals surface area contributed by atoms with Crippen molar-refractivity contribution in [1.29, 1.82) is 0 Å². The van der Waals surface area contributed by atoms with Crippen LogP contribution in [-0.4, -0.2) is 11.0 Å². The van der Waals surface area contributed by atoms with Gasteiger partial charge in [-0.15, -0.1) is 11.3 Å². The number of thiazole rings is 1. The highest BCUT2D eigenvalue weighted by Crippen LogP contribution is 2.34. The Bertz CT molecular complexity index is 1210. The lowest BCUT2D eigenvalue weighted by Crippen LogP contribution is -2.21. The number of benzene rings is 3. The van der Waals surface area contributed by atoms with Gasteiger partial charge in [0.05, 0.1) is 16.9 Å². The van der Waals surface area contributed by atoms with Crippen LogP contribution in [0, 0.1) is 0 Å². The van der Waals surface area contributed by atoms with Crippen LogP contribution in [0.2, 0.25) is 0 Å². The molecular formula is C24H18F3N3OS. The number of alkyl halides is 3. The third kappa shape index (κ3) is 5.33. The molecule has 0 saturated carbocycles. The summed E-state index contributed by atoms with van der Waals surface area (Å²) in [5, 5.41) is 6.81. The molecule has 0 aliphatic carbocycles. The second kappa shape index (κ2) is 9.23. The van der Waals surface area contributed by atoms with Crippen molar-refractivity contribution in [1.82, 2.24) is 4.98 Å². The van der Waals surface area contributed by atoms with Gasteiger partial charge in [0.2, 0.25) is 0 Å². The fourth-order valence-corrected chi connectivity index (χ4v) is 3.89. The number of aromatic nitrogens is 1. The number of halogens is 3. The van der Waals surface area contributed by atoms with Crippen molar-refractivity contribution in [2.24, 2.45) is 0 Å². The van der Waals surface area contributed by atoms with Gasteiger partial charge in [0.1, 0.15) is 0 Å². The summed E-state index contributed by atoms with van der Waals surface area (Å²) in [6.45, 7) is 0. The lowest BCUT2D eigenvalue weighted by Gasteiger charge is -2.13. The van der Waals surface area contributed by atoms with Crippen molar-refractivity contribution in [3.8, 4) is 11.3 Å². The SMILES string of the molecule is O=C(Nc1nc(-c2ccc(Cc3ccccc3)cc2)cs1)Nc1ccccc1C(F)(F)F. The molecule has 0 fully saturated rings. The molecular weight excluding hydrogens is 435 g/mol. The average molecular weight is 453 g/mol. The van der Waals surface area contributed by atoms with Crippen molar-refractivity contribution in [3.05, 3.63) is 101 Å². The van der Waals surface area contributed by atoms with E-state index in [9.17, 15) is 18.0 Å². The van der Waals surface area contributed by atoms with Crippen molar-refractivity contribution in [3.63, 3.8) is 0 Å². The summed E-state index contributed by atoms with van der Waals surface area (Å²) in [4.78, 5) is 16.6. The Kier molecular flexibility index (Phi) is 6.23. The molecule has 4 nitrogen and oxygen atoms in total. The first-order chi connectivity index (χ1) is 15.4. The first-order valence-corrected chi connectivity index (χ1v) is 10.6. The number of urea groups is 1. The van der Waals surface area contributed by atoms with Crippen LogP contribution in [0.3, 0.4) is 0 Å². The van der Waals surface area contributed by atoms with Gasteiger partial charge in [-0.25, -0.2) is 9.78 Å². The number of carbonyl (C=O) groups excluding carboxylic acids is 1. The number of rotatable bonds is 5. The van der Waals surface area contributed by atoms with Gasteiger partial charge in [0.25, 0.3) is 0 Å². The zero-order valence-electron chi connectivity index (χ0n) is 16.7. The molecule has 162 valence electrons. The minimum atomic E-state index is -4.56. The Morgan fingerprint density at radius 2 is 1.50 bits per heavy atom. The molecule has 0 radical (unpaired) electrons. The smallest absolute Gasteiger partial charge is 0.307 e. The molecule has 0 aliphatic heterocycles. The monoisotopic (exact) mass is 453 g/mol. The second-order valence-corrected chi connectivity index (χ2v) is 7.88. The maximum absolute atomic E-state index is 13.1. The Hall–Kier alpha value is -3.65. The van der Waals surface area contributed by atoms with E-state index in [2.05, 4.69) is 27.8 Å². The number of para-hydroxylation sites is 1. The van der Waals surface area contributed by atoms with Gasteiger partial charge < -0.3 is 5.32 Å². The molecule has 4 rings (SSSR count). The van der Waals surface area contributed by atoms with E-state index in [4.69, 9.17) is 0 Å². The van der Waals surface area contributed by atoms with Crippen LogP contribution in [0.25, 0.3) is 11.3 Å². The van der Waals surface area contributed by atoms with Gasteiger partial charge in [-0.05, 0) is 29.7 Å². The predicted molar refractivity (Wildman–Crippen MR) is 121 cm³/mol. The minimum Gasteiger partial charge on any atom is -0.307 e. The highest BCUT2D eigenvalue weighted by Gasteiger charge is 2.33. The van der Waals surface area contributed by atoms with E-state index < -0.39 is 17.8 Å². The quantitative estimate of drug-likeness (QED) is 0.340. The Morgan fingerprint density at radius 3 is 2.22 bits per heavy atom. The summed E-state index contributed by atoms with van der Waals surface area (Å²) in [7, 11) is 0. The van der Waals surface area contributed by atoms with E-state index in [0.29, 0.717) is 5.69 Å². The normalized spacial score (nSPS) is 11.2. The van der Waals surface area contributed by atoms with Gasteiger partial charge in [-0.1, -0.05) is 66.7 Å². The lowest BCUT2D eigenvalue weighted by atomic mass is 10.0. The molecule has 1 aromatic heterocycles. The maximum Gasteiger partial charge on any atom is 0.418 e. The van der Waals surface area contributed by atoms with Crippen molar-refractivity contribution < 1.29 is 18.0 Å². The van der Waals surface area contributed by atoms with Gasteiger partial charge in [0, 0.05) is 10.9 Å². The van der Waals surface area contributed by atoms with Crippen molar-refractivity contribution in [2.45, 2.75) is 12.6 Å². The van der Waals surface area contributed by atoms with Crippen LogP contribution in [0.4, 0.5) is 28.8 Å². The number of hydrogen-bond donors (Lipinski definition) is 2. The molecule has 0 saturated heterocycles. The van der Waals surface area contributed by atoms with E-state index in [0.717, 1.165) is 23.6 Å². The Morgan fingerprint density at radius 1 is 0.844 bits per heavy atom. The van der Waals surface area contributed by atoms with E-state index >= 15 is 0 Å². The molecule has 3 aromatic carbocycles. The molecule has 8 heteroatoms. The number of nitrogens with one attached hydrogen (secondary N) is 2. The predicted octanol–water partition coefficient (Wildman–Crippen LogP) is 7.06. The third-order valence-corrected chi connectivity index (χ3v) is 5.46. The molecule has 0 spiro atoms. The number of hydrogen-bond acceptors (Lipinski definition) is 3. The van der Waals surface area contributed by atoms with Gasteiger partial charge in [-0.2, -0.15) is 13.2 Å². The van der Waals surface area contributed by atoms with Crippen LogP contribution >= 0.6 is 11.3 Å². The summed E-state index contributed by atoms with van der Waals surface area (Å²) in [6.07, 6.45) is -3.74. The van der Waals surface area contributed by atoms with Crippen LogP contribution in [-0.2, 0) is 12.6 Å². The Labute approximate surface area is 186 Å². The molecule has 0 aliphatic rings. The van der Waals surface area contributed by atoms with E-state index in [1.807, 2.05) is 42.5 Å². The first kappa shape index (κ1) is 21.6. The van der Waals surface area contributed by atoms with Crippen molar-refractivity contribution >= 4 is 28.2 Å². The number of anilines is 2.